The Bertz CT molecular complexity index is 152. The highest BCUT2D eigenvalue weighted by Crippen LogP contribution is 2.18. The molecule has 2 aliphatic heterocycles. The largest absolute Gasteiger partial charge is 0.306 e. The zero-order valence-electron chi connectivity index (χ0n) is 8.95. The van der Waals surface area contributed by atoms with E-state index in [0.717, 1.165) is 6.04 Å². The lowest BCUT2D eigenvalue weighted by Crippen LogP contribution is -2.50. The average Bonchev–Trinajstić information content (AvgIpc) is 2.21. The third kappa shape index (κ3) is 2.69. The monoisotopic (exact) mass is 261 g/mol. The minimum atomic E-state index is 0.854. The number of piperidine rings is 1. The summed E-state index contributed by atoms with van der Waals surface area (Å²) in [5, 5.41) is 0. The van der Waals surface area contributed by atoms with E-state index in [0.29, 0.717) is 0 Å². The topological polar surface area (TPSA) is 9.72 Å². The van der Waals surface area contributed by atoms with Crippen LogP contribution in [-0.4, -0.2) is 66.1 Å². The Morgan fingerprint density at radius 3 is 2.07 bits per heavy atom. The van der Waals surface area contributed by atoms with Crippen LogP contribution in [0.4, 0.5) is 0 Å². The molecule has 2 aliphatic rings. The maximum absolute atomic E-state index is 3.55. The highest BCUT2D eigenvalue weighted by molar-refractivity contribution is 9.07. The van der Waals surface area contributed by atoms with Gasteiger partial charge in [0.1, 0.15) is 0 Å². The maximum atomic E-state index is 3.55. The number of halogens is 1. The first-order valence-electron chi connectivity index (χ1n) is 5.59. The zero-order valence-corrected chi connectivity index (χ0v) is 10.5. The van der Waals surface area contributed by atoms with Gasteiger partial charge >= 0.3 is 0 Å². The standard InChI is InChI=1S/C10H20BrN3/c1-12-4-2-10(3-5-12)13-6-8-14(11)9-7-13/h10H,2-9H2,1H3. The molecule has 0 radical (unpaired) electrons. The van der Waals surface area contributed by atoms with Gasteiger partial charge in [0.15, 0.2) is 0 Å². The van der Waals surface area contributed by atoms with E-state index in [1.165, 1.54) is 52.1 Å². The first-order valence-corrected chi connectivity index (χ1v) is 6.30. The Morgan fingerprint density at radius 2 is 1.50 bits per heavy atom. The molecule has 0 bridgehead atoms. The number of piperazine rings is 1. The molecule has 2 heterocycles. The predicted octanol–water partition coefficient (Wildman–Crippen LogP) is 1.01. The van der Waals surface area contributed by atoms with E-state index in [2.05, 4.69) is 36.9 Å². The molecule has 2 saturated heterocycles. The Morgan fingerprint density at radius 1 is 0.929 bits per heavy atom. The third-order valence-electron chi connectivity index (χ3n) is 3.46. The number of likely N-dealkylation sites (tertiary alicyclic amines) is 1. The molecule has 14 heavy (non-hydrogen) atoms. The predicted molar refractivity (Wildman–Crippen MR) is 62.6 cm³/mol. The number of rotatable bonds is 1. The van der Waals surface area contributed by atoms with Crippen molar-refractivity contribution in [3.8, 4) is 0 Å². The molecule has 3 nitrogen and oxygen atoms in total. The van der Waals surface area contributed by atoms with Gasteiger partial charge in [-0.05, 0) is 33.0 Å². The van der Waals surface area contributed by atoms with Crippen molar-refractivity contribution in [1.29, 1.82) is 0 Å². The van der Waals surface area contributed by atoms with Crippen LogP contribution in [0.15, 0.2) is 0 Å². The fourth-order valence-corrected chi connectivity index (χ4v) is 2.74. The van der Waals surface area contributed by atoms with Crippen molar-refractivity contribution in [3.05, 3.63) is 0 Å². The van der Waals surface area contributed by atoms with E-state index in [1.54, 1.807) is 0 Å². The molecule has 2 rings (SSSR count). The molecule has 0 aromatic carbocycles. The van der Waals surface area contributed by atoms with Crippen molar-refractivity contribution < 1.29 is 0 Å². The van der Waals surface area contributed by atoms with Gasteiger partial charge in [-0.1, -0.05) is 0 Å². The van der Waals surface area contributed by atoms with Crippen LogP contribution in [0.5, 0.6) is 0 Å². The highest BCUT2D eigenvalue weighted by Gasteiger charge is 2.25. The lowest BCUT2D eigenvalue weighted by molar-refractivity contribution is 0.0934. The quantitative estimate of drug-likeness (QED) is 0.653. The molecule has 0 spiro atoms. The van der Waals surface area contributed by atoms with Crippen molar-refractivity contribution in [1.82, 2.24) is 13.7 Å². The van der Waals surface area contributed by atoms with Crippen LogP contribution in [0.25, 0.3) is 0 Å². The van der Waals surface area contributed by atoms with Crippen LogP contribution >= 0.6 is 16.1 Å². The van der Waals surface area contributed by atoms with Crippen LogP contribution < -0.4 is 0 Å². The van der Waals surface area contributed by atoms with E-state index < -0.39 is 0 Å². The van der Waals surface area contributed by atoms with Gasteiger partial charge in [-0.3, -0.25) is 4.90 Å². The lowest BCUT2D eigenvalue weighted by atomic mass is 10.0. The van der Waals surface area contributed by atoms with Crippen LogP contribution in [0.2, 0.25) is 0 Å². The first kappa shape index (κ1) is 10.9. The molecule has 0 saturated carbocycles. The number of nitrogens with zero attached hydrogens (tertiary/aromatic N) is 3. The van der Waals surface area contributed by atoms with Gasteiger partial charge in [-0.15, -0.1) is 0 Å². The summed E-state index contributed by atoms with van der Waals surface area (Å²) >= 11 is 3.55. The van der Waals surface area contributed by atoms with Crippen LogP contribution in [0.1, 0.15) is 12.8 Å². The normalized spacial score (nSPS) is 29.6. The summed E-state index contributed by atoms with van der Waals surface area (Å²) < 4.78 is 2.25. The maximum Gasteiger partial charge on any atom is 0.0221 e. The third-order valence-corrected chi connectivity index (χ3v) is 4.17. The van der Waals surface area contributed by atoms with Crippen molar-refractivity contribution in [2.45, 2.75) is 18.9 Å². The number of hydrogen-bond acceptors (Lipinski definition) is 3. The summed E-state index contributed by atoms with van der Waals surface area (Å²) in [7, 11) is 2.23. The molecule has 2 fully saturated rings. The average molecular weight is 262 g/mol. The fraction of sp³-hybridized carbons (Fsp3) is 1.00. The van der Waals surface area contributed by atoms with Crippen molar-refractivity contribution in [3.63, 3.8) is 0 Å². The van der Waals surface area contributed by atoms with E-state index in [-0.39, 0.29) is 0 Å². The Labute approximate surface area is 95.4 Å². The van der Waals surface area contributed by atoms with E-state index in [4.69, 9.17) is 0 Å². The second-order valence-corrected chi connectivity index (χ2v) is 5.48. The molecule has 0 aromatic rings. The van der Waals surface area contributed by atoms with Crippen LogP contribution in [0, 0.1) is 0 Å². The van der Waals surface area contributed by atoms with E-state index >= 15 is 0 Å². The molecule has 4 heteroatoms. The fourth-order valence-electron chi connectivity index (χ4n) is 2.42. The molecule has 0 aromatic heterocycles. The van der Waals surface area contributed by atoms with Gasteiger partial charge in [0.05, 0.1) is 0 Å². The second kappa shape index (κ2) is 4.92. The summed E-state index contributed by atoms with van der Waals surface area (Å²) in [6, 6.07) is 0.854. The summed E-state index contributed by atoms with van der Waals surface area (Å²) in [4.78, 5) is 5.11. The molecule has 0 amide bonds. The van der Waals surface area contributed by atoms with Crippen molar-refractivity contribution >= 4 is 16.1 Å². The SMILES string of the molecule is CN1CCC(N2CCN(Br)CC2)CC1. The van der Waals surface area contributed by atoms with Gasteiger partial charge in [-0.2, -0.15) is 0 Å². The molecular formula is C10H20BrN3. The smallest absolute Gasteiger partial charge is 0.0221 e. The summed E-state index contributed by atoms with van der Waals surface area (Å²) in [6.45, 7) is 7.37. The van der Waals surface area contributed by atoms with E-state index in [9.17, 15) is 0 Å². The number of hydrogen-bond donors (Lipinski definition) is 0. The summed E-state index contributed by atoms with van der Waals surface area (Å²) in [6.07, 6.45) is 2.72. The minimum absolute atomic E-state index is 0.854. The van der Waals surface area contributed by atoms with Crippen LogP contribution in [-0.2, 0) is 0 Å². The molecule has 0 unspecified atom stereocenters. The van der Waals surface area contributed by atoms with Gasteiger partial charge in [-0.25, -0.2) is 3.93 Å². The van der Waals surface area contributed by atoms with Gasteiger partial charge < -0.3 is 4.90 Å². The lowest BCUT2D eigenvalue weighted by Gasteiger charge is -2.40. The van der Waals surface area contributed by atoms with Gasteiger partial charge in [0, 0.05) is 48.4 Å². The molecular weight excluding hydrogens is 242 g/mol. The summed E-state index contributed by atoms with van der Waals surface area (Å²) in [5.74, 6) is 0. The van der Waals surface area contributed by atoms with Gasteiger partial charge in [0.2, 0.25) is 0 Å². The summed E-state index contributed by atoms with van der Waals surface area (Å²) in [5.41, 5.74) is 0. The molecule has 82 valence electrons. The highest BCUT2D eigenvalue weighted by atomic mass is 79.9. The Hall–Kier alpha value is 0.360. The zero-order chi connectivity index (χ0) is 9.97. The van der Waals surface area contributed by atoms with Crippen molar-refractivity contribution in [2.75, 3.05) is 46.3 Å². The minimum Gasteiger partial charge on any atom is -0.306 e. The molecule has 0 atom stereocenters. The van der Waals surface area contributed by atoms with Gasteiger partial charge in [0.25, 0.3) is 0 Å². The van der Waals surface area contributed by atoms with Crippen molar-refractivity contribution in [2.24, 2.45) is 0 Å². The second-order valence-electron chi connectivity index (χ2n) is 4.48. The van der Waals surface area contributed by atoms with Crippen LogP contribution in [0.3, 0.4) is 0 Å². The Kier molecular flexibility index (Phi) is 3.82. The Balaban J connectivity index is 1.78. The molecule has 0 N–H and O–H groups in total. The molecule has 0 aliphatic carbocycles. The van der Waals surface area contributed by atoms with E-state index in [1.807, 2.05) is 0 Å². The first-order chi connectivity index (χ1) is 6.75.